The number of fused-ring (bicyclic) bond motifs is 6. The van der Waals surface area contributed by atoms with E-state index in [1.165, 1.54) is 13.0 Å². The number of rotatable bonds is 12. The Kier molecular flexibility index (Phi) is 16.7. The van der Waals surface area contributed by atoms with E-state index in [0.717, 1.165) is 91.8 Å². The summed E-state index contributed by atoms with van der Waals surface area (Å²) in [5.74, 6) is 14.4. The highest BCUT2D eigenvalue weighted by molar-refractivity contribution is 5.83. The Morgan fingerprint density at radius 3 is 2.62 bits per heavy atom. The molecule has 14 atom stereocenters. The topological polar surface area (TPSA) is 275 Å². The maximum absolute atomic E-state index is 13.8. The van der Waals surface area contributed by atoms with E-state index >= 15 is 0 Å². The number of aliphatic hydroxyl groups is 2. The molecule has 3 aromatic heterocycles. The van der Waals surface area contributed by atoms with Gasteiger partial charge in [-0.2, -0.15) is 0 Å². The highest BCUT2D eigenvalue weighted by Gasteiger charge is 2.65. The van der Waals surface area contributed by atoms with E-state index in [4.69, 9.17) is 29.7 Å². The first-order valence-corrected chi connectivity index (χ1v) is 33.3. The predicted octanol–water partition coefficient (Wildman–Crippen LogP) is 8.84. The molecule has 6 fully saturated rings. The summed E-state index contributed by atoms with van der Waals surface area (Å²) < 4.78 is 29.6. The Hall–Kier alpha value is -7.81. The number of nitrogens with one attached hydrogen (secondary N) is 5. The van der Waals surface area contributed by atoms with Gasteiger partial charge in [0.25, 0.3) is 0 Å². The number of hydrogen-bond donors (Lipinski definition) is 11. The molecule has 2 spiro atoms. The zero-order chi connectivity index (χ0) is 62.5. The second-order valence-corrected chi connectivity index (χ2v) is 28.0. The highest BCUT2D eigenvalue weighted by atomic mass is 16.6. The fraction of sp³-hybridized carbons (Fsp3) is 0.542. The summed E-state index contributed by atoms with van der Waals surface area (Å²) in [6.45, 7) is 2.54. The van der Waals surface area contributed by atoms with Gasteiger partial charge in [0.1, 0.15) is 24.6 Å². The van der Waals surface area contributed by atoms with Gasteiger partial charge in [0, 0.05) is 105 Å². The van der Waals surface area contributed by atoms with Crippen LogP contribution in [0.3, 0.4) is 0 Å². The summed E-state index contributed by atoms with van der Waals surface area (Å²) >= 11 is 0. The van der Waals surface area contributed by atoms with Gasteiger partial charge in [-0.15, -0.1) is 11.8 Å². The van der Waals surface area contributed by atoms with Crippen LogP contribution in [0.2, 0.25) is 0 Å². The van der Waals surface area contributed by atoms with Crippen molar-refractivity contribution in [1.82, 2.24) is 35.8 Å². The quantitative estimate of drug-likeness (QED) is 0.0316. The summed E-state index contributed by atoms with van der Waals surface area (Å²) in [6, 6.07) is 14.5. The maximum Gasteiger partial charge on any atom is 0.302 e. The fourth-order valence-electron chi connectivity index (χ4n) is 17.6. The van der Waals surface area contributed by atoms with Gasteiger partial charge in [0.15, 0.2) is 29.0 Å². The predicted molar refractivity (Wildman–Crippen MR) is 343 cm³/mol. The number of nitrogens with two attached hydrogens (primary N) is 1. The molecule has 19 heteroatoms. The Bertz CT molecular complexity index is 3710. The number of ether oxygens (including phenoxy) is 4. The second-order valence-electron chi connectivity index (χ2n) is 28.0. The summed E-state index contributed by atoms with van der Waals surface area (Å²) in [7, 11) is 0. The molecule has 9 aliphatic rings. The molecule has 2 saturated heterocycles. The number of nitrogens with zero attached hydrogens (tertiary/aromatic N) is 3. The van der Waals surface area contributed by atoms with Gasteiger partial charge in [-0.05, 0) is 134 Å². The zero-order valence-corrected chi connectivity index (χ0v) is 52.0. The van der Waals surface area contributed by atoms with E-state index in [1.807, 2.05) is 36.5 Å². The number of carbonyl (C=O) groups excluding carboxylic acids is 1. The molecule has 14 rings (SSSR count). The van der Waals surface area contributed by atoms with Crippen molar-refractivity contribution in [3.05, 3.63) is 120 Å². The van der Waals surface area contributed by atoms with E-state index in [0.29, 0.717) is 87.5 Å². The molecular formula is C72H87N9O10. The zero-order valence-electron chi connectivity index (χ0n) is 52.0. The van der Waals surface area contributed by atoms with Gasteiger partial charge >= 0.3 is 5.97 Å². The number of guanidine groups is 1. The van der Waals surface area contributed by atoms with Crippen LogP contribution in [0.5, 0.6) is 28.7 Å². The number of benzene rings is 2. The first-order valence-electron chi connectivity index (χ1n) is 33.3. The van der Waals surface area contributed by atoms with Crippen molar-refractivity contribution < 1.29 is 49.3 Å². The van der Waals surface area contributed by atoms with Gasteiger partial charge < -0.3 is 75.7 Å². The minimum absolute atomic E-state index is 0.00312. The number of aromatic nitrogens is 3. The Labute approximate surface area is 532 Å². The lowest BCUT2D eigenvalue weighted by Gasteiger charge is -2.61. The first-order chi connectivity index (χ1) is 44.1. The number of dihydropyridines is 1. The molecule has 0 radical (unpaired) electrons. The molecule has 8 heterocycles. The Balaban J connectivity index is 0.932. The van der Waals surface area contributed by atoms with Crippen LogP contribution in [-0.2, 0) is 27.1 Å². The van der Waals surface area contributed by atoms with Crippen molar-refractivity contribution >= 4 is 22.8 Å². The number of allylic oxidation sites excluding steroid dienone is 2. The maximum atomic E-state index is 13.8. The normalized spacial score (nSPS) is 33.7. The number of aromatic hydroxyl groups is 3. The van der Waals surface area contributed by atoms with Gasteiger partial charge in [-0.3, -0.25) is 20.1 Å². The number of phenols is 3. The molecular weight excluding hydrogens is 1150 g/mol. The van der Waals surface area contributed by atoms with Crippen LogP contribution in [0.15, 0.2) is 108 Å². The number of H-pyrrole nitrogens is 1. The second kappa shape index (κ2) is 25.0. The summed E-state index contributed by atoms with van der Waals surface area (Å²) in [5, 5.41) is 76.9. The van der Waals surface area contributed by atoms with Gasteiger partial charge in [0.2, 0.25) is 5.75 Å². The summed E-state index contributed by atoms with van der Waals surface area (Å²) in [4.78, 5) is 26.5. The number of phenolic OH excluding ortho intramolecular Hbond substituents is 3. The molecule has 4 aliphatic carbocycles. The molecule has 480 valence electrons. The third-order valence-electron chi connectivity index (χ3n) is 22.0. The van der Waals surface area contributed by atoms with E-state index in [-0.39, 0.29) is 54.1 Å². The van der Waals surface area contributed by atoms with E-state index in [9.17, 15) is 30.3 Å². The molecule has 5 aromatic rings. The van der Waals surface area contributed by atoms with Gasteiger partial charge in [-0.1, -0.05) is 62.2 Å². The first kappa shape index (κ1) is 60.7. The van der Waals surface area contributed by atoms with Crippen LogP contribution in [0.4, 0.5) is 0 Å². The minimum Gasteiger partial charge on any atom is -0.504 e. The monoisotopic (exact) mass is 1240 g/mol. The average Bonchev–Trinajstić information content (AvgIpc) is 1.63. The third kappa shape index (κ3) is 12.2. The van der Waals surface area contributed by atoms with Crippen LogP contribution < -0.4 is 36.5 Å². The smallest absolute Gasteiger partial charge is 0.302 e. The summed E-state index contributed by atoms with van der Waals surface area (Å²) in [5.41, 5.74) is 7.93. The van der Waals surface area contributed by atoms with Crippen molar-refractivity contribution in [2.45, 2.75) is 190 Å². The number of pyridine rings is 1. The Morgan fingerprint density at radius 2 is 1.81 bits per heavy atom. The van der Waals surface area contributed by atoms with E-state index in [1.54, 1.807) is 24.5 Å². The standard InChI is InChI=1S/C72H87N9O10/c1-44(82)89-51-34-57(50-32-56(84)65(86)59(33-50)88-29-20-45-10-9-26-74-39-45)91-62(35-51)70-23-6-12-48-11-2-3-14-53(48)78-67(87)64-66(81-40-49-19-28-75-54(49)41-81)79-68(77-43-71(25-8-15-61(71)85)37-47-18-27-76-63(73)31-47)80-72(64)42-69(21-4-5-22-69)38-60(52(72)13-7-24-70)90-58-30-46(36-70)16-17-55(58)83/h9-10,16-19,26,28,30-33,39-41,48,51-53,57,60-62,64,66-67,75-76,78,83-87H,2-5,8,11,14-15,20-25,27,29,34-38,42-43,73H2,1H3,(H2,77,79,80). The molecule has 19 nitrogen and oxygen atoms in total. The van der Waals surface area contributed by atoms with Crippen LogP contribution in [-0.4, -0.2) is 114 Å². The van der Waals surface area contributed by atoms with Gasteiger partial charge in [0.05, 0.1) is 60.2 Å². The van der Waals surface area contributed by atoms with Crippen LogP contribution in [0.1, 0.15) is 151 Å². The van der Waals surface area contributed by atoms with Crippen molar-refractivity contribution in [3.8, 4) is 52.4 Å². The van der Waals surface area contributed by atoms with E-state index < -0.39 is 82.8 Å². The van der Waals surface area contributed by atoms with Gasteiger partial charge in [-0.25, -0.2) is 0 Å². The SMILES string of the molecule is CC(=O)OC1CC(c2cc(O)c(O)c(OCCc3cccnc3)c2)OC(C23CC#CC4CCCCC4NC(O)C4C(n5cc6cc[nH]c6c5)NC(=NCC5(CC6=CCNC(N)=C6)CCCC5O)NC45CC4(CCCC4)CC(Oc4cc(ccc4O)C2)C5C#CC3)C1. The molecule has 4 saturated carbocycles. The number of hydrogen-bond acceptors (Lipinski definition) is 15. The minimum atomic E-state index is -1.11. The average molecular weight is 1240 g/mol. The van der Waals surface area contributed by atoms with Crippen molar-refractivity contribution in [2.75, 3.05) is 19.7 Å². The molecule has 4 bridgehead atoms. The number of carbonyl (C=O) groups is 1. The molecule has 12 N–H and O–H groups in total. The molecule has 91 heavy (non-hydrogen) atoms. The van der Waals surface area contributed by atoms with Crippen molar-refractivity contribution in [2.24, 2.45) is 44.7 Å². The van der Waals surface area contributed by atoms with Crippen LogP contribution in [0, 0.1) is 57.7 Å². The number of aromatic amines is 1. The highest BCUT2D eigenvalue weighted by Crippen LogP contribution is 2.60. The van der Waals surface area contributed by atoms with Crippen molar-refractivity contribution in [3.63, 3.8) is 0 Å². The van der Waals surface area contributed by atoms with E-state index in [2.05, 4.69) is 84.0 Å². The van der Waals surface area contributed by atoms with Crippen LogP contribution in [0.25, 0.3) is 10.9 Å². The number of esters is 1. The van der Waals surface area contributed by atoms with Crippen molar-refractivity contribution in [1.29, 1.82) is 0 Å². The summed E-state index contributed by atoms with van der Waals surface area (Å²) in [6.07, 6.45) is 22.7. The molecule has 0 amide bonds. The molecule has 14 unspecified atom stereocenters. The molecule has 5 aliphatic heterocycles. The lowest BCUT2D eigenvalue weighted by atomic mass is 9.54. The van der Waals surface area contributed by atoms with Crippen LogP contribution >= 0.6 is 0 Å². The third-order valence-corrected chi connectivity index (χ3v) is 22.0. The number of aliphatic hydroxyl groups excluding tert-OH is 2. The number of aliphatic imine (C=N–C) groups is 1. The lowest BCUT2D eigenvalue weighted by molar-refractivity contribution is -0.174. The fourth-order valence-corrected chi connectivity index (χ4v) is 17.6. The largest absolute Gasteiger partial charge is 0.504 e. The lowest BCUT2D eigenvalue weighted by Crippen LogP contribution is -2.77. The molecule has 2 aromatic carbocycles. The Morgan fingerprint density at radius 1 is 0.956 bits per heavy atom.